The molecule has 4 rings (SSSR count). The largest absolute Gasteiger partial charge is 0.507 e. The highest BCUT2D eigenvalue weighted by Crippen LogP contribution is 2.41. The summed E-state index contributed by atoms with van der Waals surface area (Å²) >= 11 is 0. The van der Waals surface area contributed by atoms with E-state index in [0.29, 0.717) is 22.6 Å². The zero-order valence-corrected chi connectivity index (χ0v) is 16.5. The number of pyridine rings is 2. The highest BCUT2D eigenvalue weighted by molar-refractivity contribution is 6.51. The highest BCUT2D eigenvalue weighted by Gasteiger charge is 2.47. The molecule has 3 heterocycles. The Labute approximate surface area is 177 Å². The molecule has 1 atom stereocenters. The number of aliphatic hydroxyl groups excluding tert-OH is 1. The molecule has 0 spiro atoms. The van der Waals surface area contributed by atoms with Crippen LogP contribution < -0.4 is 10.2 Å². The molecule has 1 fully saturated rings. The van der Waals surface area contributed by atoms with Gasteiger partial charge in [-0.3, -0.25) is 29.3 Å². The maximum absolute atomic E-state index is 13.1. The van der Waals surface area contributed by atoms with E-state index in [2.05, 4.69) is 15.3 Å². The molecular weight excluding hydrogens is 396 g/mol. The van der Waals surface area contributed by atoms with Gasteiger partial charge in [0.15, 0.2) is 0 Å². The second kappa shape index (κ2) is 8.19. The zero-order chi connectivity index (χ0) is 22.0. The van der Waals surface area contributed by atoms with E-state index in [1.165, 1.54) is 24.2 Å². The van der Waals surface area contributed by atoms with Crippen molar-refractivity contribution in [3.8, 4) is 0 Å². The monoisotopic (exact) mass is 414 g/mol. The van der Waals surface area contributed by atoms with Crippen LogP contribution in [-0.2, 0) is 14.4 Å². The molecule has 2 N–H and O–H groups in total. The van der Waals surface area contributed by atoms with Crippen molar-refractivity contribution in [2.75, 3.05) is 10.2 Å². The molecule has 2 aromatic heterocycles. The minimum atomic E-state index is -0.943. The Morgan fingerprint density at radius 1 is 1.03 bits per heavy atom. The van der Waals surface area contributed by atoms with Gasteiger partial charge in [-0.15, -0.1) is 0 Å². The number of amides is 2. The number of anilines is 2. The van der Waals surface area contributed by atoms with Crippen molar-refractivity contribution in [2.45, 2.75) is 13.0 Å². The van der Waals surface area contributed by atoms with Gasteiger partial charge in [0.2, 0.25) is 5.91 Å². The number of ketones is 1. The number of Topliss-reactive ketones (excluding diaryl/α,β-unsaturated/α-hetero) is 1. The molecule has 31 heavy (non-hydrogen) atoms. The third-order valence-corrected chi connectivity index (χ3v) is 4.81. The van der Waals surface area contributed by atoms with E-state index < -0.39 is 17.7 Å². The lowest BCUT2D eigenvalue weighted by molar-refractivity contribution is -0.132. The third kappa shape index (κ3) is 3.78. The lowest BCUT2D eigenvalue weighted by Crippen LogP contribution is -2.30. The molecule has 1 aliphatic heterocycles. The van der Waals surface area contributed by atoms with Crippen LogP contribution in [0, 0.1) is 0 Å². The van der Waals surface area contributed by atoms with Gasteiger partial charge in [-0.1, -0.05) is 12.1 Å². The van der Waals surface area contributed by atoms with Crippen LogP contribution in [0.15, 0.2) is 78.8 Å². The Morgan fingerprint density at radius 2 is 1.81 bits per heavy atom. The molecule has 8 heteroatoms. The summed E-state index contributed by atoms with van der Waals surface area (Å²) < 4.78 is 0. The number of carbonyl (C=O) groups excluding carboxylic acids is 3. The number of nitrogens with zero attached hydrogens (tertiary/aromatic N) is 3. The van der Waals surface area contributed by atoms with Gasteiger partial charge < -0.3 is 10.4 Å². The van der Waals surface area contributed by atoms with Crippen LogP contribution in [0.2, 0.25) is 0 Å². The summed E-state index contributed by atoms with van der Waals surface area (Å²) in [6.07, 6.45) is 4.52. The average Bonchev–Trinajstić information content (AvgIpc) is 3.05. The fourth-order valence-electron chi connectivity index (χ4n) is 3.52. The lowest BCUT2D eigenvalue weighted by Gasteiger charge is -2.25. The summed E-state index contributed by atoms with van der Waals surface area (Å²) in [5.74, 6) is -2.20. The molecule has 0 saturated carbocycles. The van der Waals surface area contributed by atoms with Gasteiger partial charge in [-0.2, -0.15) is 0 Å². The second-order valence-corrected chi connectivity index (χ2v) is 6.89. The number of aliphatic hydroxyl groups is 1. The number of rotatable bonds is 4. The number of hydrogen-bond acceptors (Lipinski definition) is 6. The van der Waals surface area contributed by atoms with Gasteiger partial charge in [0.05, 0.1) is 11.3 Å². The molecule has 3 aromatic rings. The summed E-state index contributed by atoms with van der Waals surface area (Å²) in [6, 6.07) is 13.9. The van der Waals surface area contributed by atoms with E-state index >= 15 is 0 Å². The van der Waals surface area contributed by atoms with Crippen LogP contribution in [0.25, 0.3) is 5.76 Å². The van der Waals surface area contributed by atoms with Crippen molar-refractivity contribution in [1.82, 2.24) is 9.97 Å². The van der Waals surface area contributed by atoms with Crippen LogP contribution >= 0.6 is 0 Å². The molecule has 1 saturated heterocycles. The molecule has 2 amide bonds. The van der Waals surface area contributed by atoms with Crippen LogP contribution in [0.5, 0.6) is 0 Å². The fourth-order valence-corrected chi connectivity index (χ4v) is 3.52. The van der Waals surface area contributed by atoms with Crippen molar-refractivity contribution in [1.29, 1.82) is 0 Å². The molecular formula is C23H18N4O4. The molecule has 8 nitrogen and oxygen atoms in total. The molecule has 1 unspecified atom stereocenters. The van der Waals surface area contributed by atoms with Crippen LogP contribution in [0.3, 0.4) is 0 Å². The third-order valence-electron chi connectivity index (χ3n) is 4.81. The standard InChI is InChI=1S/C23H18N4O4/c1-14(28)26-16-5-4-6-17(13-16)27-20(18-7-2-3-10-25-18)19(22(30)23(27)31)21(29)15-8-11-24-12-9-15/h2-13,20,29H,1H3,(H,26,28)/b21-19+. The molecule has 0 bridgehead atoms. The SMILES string of the molecule is CC(=O)Nc1cccc(N2C(=O)C(=O)/C(=C(/O)c3ccncc3)C2c2ccccn2)c1. The summed E-state index contributed by atoms with van der Waals surface area (Å²) in [5, 5.41) is 13.6. The normalized spacial score (nSPS) is 17.6. The quantitative estimate of drug-likeness (QED) is 0.385. The number of hydrogen-bond donors (Lipinski definition) is 2. The van der Waals surface area contributed by atoms with E-state index in [1.54, 1.807) is 60.8 Å². The molecule has 1 aromatic carbocycles. The van der Waals surface area contributed by atoms with Crippen molar-refractivity contribution in [3.63, 3.8) is 0 Å². The Balaban J connectivity index is 1.90. The predicted octanol–water partition coefficient (Wildman–Crippen LogP) is 3.06. The van der Waals surface area contributed by atoms with Crippen LogP contribution in [0.1, 0.15) is 24.2 Å². The van der Waals surface area contributed by atoms with Gasteiger partial charge in [-0.05, 0) is 42.5 Å². The average molecular weight is 414 g/mol. The van der Waals surface area contributed by atoms with Crippen molar-refractivity contribution in [2.24, 2.45) is 0 Å². The first kappa shape index (κ1) is 20.0. The molecule has 154 valence electrons. The van der Waals surface area contributed by atoms with E-state index in [1.807, 2.05) is 0 Å². The molecule has 1 aliphatic rings. The van der Waals surface area contributed by atoms with E-state index in [-0.39, 0.29) is 17.2 Å². The first-order valence-corrected chi connectivity index (χ1v) is 9.47. The van der Waals surface area contributed by atoms with E-state index in [0.717, 1.165) is 0 Å². The van der Waals surface area contributed by atoms with Gasteiger partial charge in [0.1, 0.15) is 11.8 Å². The highest BCUT2D eigenvalue weighted by atomic mass is 16.3. The number of benzene rings is 1. The maximum atomic E-state index is 13.1. The van der Waals surface area contributed by atoms with Crippen LogP contribution in [0.4, 0.5) is 11.4 Å². The molecule has 0 aliphatic carbocycles. The molecule has 0 radical (unpaired) electrons. The number of nitrogens with one attached hydrogen (secondary N) is 1. The van der Waals surface area contributed by atoms with Crippen molar-refractivity contribution in [3.05, 3.63) is 90.0 Å². The van der Waals surface area contributed by atoms with Gasteiger partial charge in [0.25, 0.3) is 11.7 Å². The zero-order valence-electron chi connectivity index (χ0n) is 16.5. The van der Waals surface area contributed by atoms with E-state index in [4.69, 9.17) is 0 Å². The fraction of sp³-hybridized carbons (Fsp3) is 0.0870. The van der Waals surface area contributed by atoms with Crippen LogP contribution in [-0.4, -0.2) is 32.7 Å². The number of aromatic nitrogens is 2. The summed E-state index contributed by atoms with van der Waals surface area (Å²) in [4.78, 5) is 47.1. The minimum absolute atomic E-state index is 0.0696. The second-order valence-electron chi connectivity index (χ2n) is 6.89. The van der Waals surface area contributed by atoms with Crippen molar-refractivity contribution < 1.29 is 19.5 Å². The minimum Gasteiger partial charge on any atom is -0.507 e. The summed E-state index contributed by atoms with van der Waals surface area (Å²) in [7, 11) is 0. The van der Waals surface area contributed by atoms with Gasteiger partial charge >= 0.3 is 0 Å². The van der Waals surface area contributed by atoms with Gasteiger partial charge in [0, 0.05) is 42.5 Å². The summed E-state index contributed by atoms with van der Waals surface area (Å²) in [5.41, 5.74) is 1.57. The lowest BCUT2D eigenvalue weighted by atomic mass is 9.98. The first-order valence-electron chi connectivity index (χ1n) is 9.47. The van der Waals surface area contributed by atoms with Gasteiger partial charge in [-0.25, -0.2) is 0 Å². The topological polar surface area (TPSA) is 112 Å². The maximum Gasteiger partial charge on any atom is 0.300 e. The Morgan fingerprint density at radius 3 is 2.48 bits per heavy atom. The van der Waals surface area contributed by atoms with Crippen molar-refractivity contribution >= 4 is 34.7 Å². The Bertz CT molecular complexity index is 1190. The van der Waals surface area contributed by atoms with E-state index in [9.17, 15) is 19.5 Å². The smallest absolute Gasteiger partial charge is 0.300 e. The number of carbonyl (C=O) groups is 3. The summed E-state index contributed by atoms with van der Waals surface area (Å²) in [6.45, 7) is 1.38. The Hall–Kier alpha value is -4.33. The Kier molecular flexibility index (Phi) is 5.28. The predicted molar refractivity (Wildman–Crippen MR) is 114 cm³/mol. The first-order chi connectivity index (χ1) is 15.0.